The van der Waals surface area contributed by atoms with Crippen LogP contribution < -0.4 is 16.2 Å². The molecule has 1 aromatic heterocycles. The van der Waals surface area contributed by atoms with E-state index in [1.807, 2.05) is 25.1 Å². The van der Waals surface area contributed by atoms with Crippen LogP contribution in [0.5, 0.6) is 0 Å². The number of benzene rings is 1. The van der Waals surface area contributed by atoms with Gasteiger partial charge in [0, 0.05) is 5.69 Å². The maximum absolute atomic E-state index is 11.8. The number of aryl methyl sites for hydroxylation is 1. The Morgan fingerprint density at radius 3 is 2.57 bits per heavy atom. The van der Waals surface area contributed by atoms with E-state index in [2.05, 4.69) is 16.2 Å². The third kappa shape index (κ3) is 7.54. The predicted octanol–water partition coefficient (Wildman–Crippen LogP) is 1.26. The van der Waals surface area contributed by atoms with Crippen LogP contribution in [0.2, 0.25) is 0 Å². The van der Waals surface area contributed by atoms with Gasteiger partial charge in [-0.25, -0.2) is 0 Å². The number of thioether (sulfide) groups is 1. The standard InChI is InChI=1S/C18H19N3O6S/c1-12-4-2-5-13(8-12)19-16(23)10-28-11-17(24)27-9-15(22)20-21-18(25)14-6-3-7-26-14/h2-8H,9-11H2,1H3,(H,19,23)(H,20,22)(H,21,25). The van der Waals surface area contributed by atoms with Crippen molar-refractivity contribution >= 4 is 41.1 Å². The van der Waals surface area contributed by atoms with E-state index in [0.717, 1.165) is 17.3 Å². The second-order valence-electron chi connectivity index (χ2n) is 5.55. The van der Waals surface area contributed by atoms with Crippen LogP contribution in [0, 0.1) is 6.92 Å². The first-order valence-electron chi connectivity index (χ1n) is 8.16. The number of anilines is 1. The third-order valence-electron chi connectivity index (χ3n) is 3.18. The Morgan fingerprint density at radius 1 is 1.04 bits per heavy atom. The van der Waals surface area contributed by atoms with Gasteiger partial charge in [0.2, 0.25) is 5.91 Å². The summed E-state index contributed by atoms with van der Waals surface area (Å²) in [5.41, 5.74) is 5.90. The molecule has 0 atom stereocenters. The quantitative estimate of drug-likeness (QED) is 0.446. The van der Waals surface area contributed by atoms with Gasteiger partial charge in [0.25, 0.3) is 5.91 Å². The molecule has 148 valence electrons. The van der Waals surface area contributed by atoms with E-state index in [4.69, 9.17) is 9.15 Å². The number of furan rings is 1. The second kappa shape index (κ2) is 10.8. The molecule has 0 bridgehead atoms. The highest BCUT2D eigenvalue weighted by Crippen LogP contribution is 2.10. The zero-order valence-corrected chi connectivity index (χ0v) is 15.8. The number of nitrogens with one attached hydrogen (secondary N) is 3. The molecule has 0 radical (unpaired) electrons. The van der Waals surface area contributed by atoms with Gasteiger partial charge < -0.3 is 14.5 Å². The van der Waals surface area contributed by atoms with Gasteiger partial charge in [-0.1, -0.05) is 12.1 Å². The van der Waals surface area contributed by atoms with Crippen molar-refractivity contribution in [2.24, 2.45) is 0 Å². The zero-order chi connectivity index (χ0) is 20.4. The minimum absolute atomic E-state index is 0.0256. The number of amides is 3. The van der Waals surface area contributed by atoms with E-state index in [1.54, 1.807) is 6.07 Å². The Kier molecular flexibility index (Phi) is 8.10. The fourth-order valence-corrected chi connectivity index (χ4v) is 2.58. The molecule has 1 heterocycles. The summed E-state index contributed by atoms with van der Waals surface area (Å²) >= 11 is 1.06. The van der Waals surface area contributed by atoms with Gasteiger partial charge in [0.05, 0.1) is 17.8 Å². The van der Waals surface area contributed by atoms with Crippen LogP contribution in [0.3, 0.4) is 0 Å². The highest BCUT2D eigenvalue weighted by Gasteiger charge is 2.12. The lowest BCUT2D eigenvalue weighted by molar-refractivity contribution is -0.146. The second-order valence-corrected chi connectivity index (χ2v) is 6.54. The molecule has 0 fully saturated rings. The smallest absolute Gasteiger partial charge is 0.316 e. The first-order valence-corrected chi connectivity index (χ1v) is 9.32. The average molecular weight is 405 g/mol. The summed E-state index contributed by atoms with van der Waals surface area (Å²) < 4.78 is 9.61. The van der Waals surface area contributed by atoms with Crippen molar-refractivity contribution in [3.8, 4) is 0 Å². The van der Waals surface area contributed by atoms with Crippen molar-refractivity contribution in [2.75, 3.05) is 23.4 Å². The highest BCUT2D eigenvalue weighted by atomic mass is 32.2. The van der Waals surface area contributed by atoms with Crippen LogP contribution in [0.15, 0.2) is 47.1 Å². The Bertz CT molecular complexity index is 838. The number of carbonyl (C=O) groups is 4. The van der Waals surface area contributed by atoms with E-state index in [9.17, 15) is 19.2 Å². The minimum Gasteiger partial charge on any atom is -0.459 e. The fraction of sp³-hybridized carbons (Fsp3) is 0.222. The molecule has 0 spiro atoms. The van der Waals surface area contributed by atoms with Crippen molar-refractivity contribution in [1.29, 1.82) is 0 Å². The van der Waals surface area contributed by atoms with Crippen molar-refractivity contribution in [3.05, 3.63) is 54.0 Å². The van der Waals surface area contributed by atoms with E-state index < -0.39 is 24.4 Å². The molecule has 9 nitrogen and oxygen atoms in total. The van der Waals surface area contributed by atoms with E-state index in [-0.39, 0.29) is 23.2 Å². The molecule has 3 amide bonds. The summed E-state index contributed by atoms with van der Waals surface area (Å²) in [6.07, 6.45) is 1.32. The normalized spacial score (nSPS) is 10.0. The molecular formula is C18H19N3O6S. The molecule has 0 saturated carbocycles. The molecule has 0 aliphatic heterocycles. The summed E-state index contributed by atoms with van der Waals surface area (Å²) in [6, 6.07) is 10.3. The topological polar surface area (TPSA) is 127 Å². The van der Waals surface area contributed by atoms with Crippen LogP contribution in [0.25, 0.3) is 0 Å². The fourth-order valence-electron chi connectivity index (χ4n) is 1.97. The predicted molar refractivity (Wildman–Crippen MR) is 102 cm³/mol. The van der Waals surface area contributed by atoms with Crippen LogP contribution in [-0.4, -0.2) is 41.8 Å². The highest BCUT2D eigenvalue weighted by molar-refractivity contribution is 8.00. The van der Waals surface area contributed by atoms with Crippen LogP contribution in [0.4, 0.5) is 5.69 Å². The molecular weight excluding hydrogens is 386 g/mol. The average Bonchev–Trinajstić information content (AvgIpc) is 3.19. The molecule has 0 unspecified atom stereocenters. The van der Waals surface area contributed by atoms with Gasteiger partial charge in [0.15, 0.2) is 12.4 Å². The molecule has 10 heteroatoms. The number of hydrazine groups is 1. The first kappa shape index (κ1) is 21.0. The number of ether oxygens (including phenoxy) is 1. The minimum atomic E-state index is -0.713. The van der Waals surface area contributed by atoms with E-state index in [1.165, 1.54) is 18.4 Å². The zero-order valence-electron chi connectivity index (χ0n) is 15.0. The molecule has 0 saturated heterocycles. The van der Waals surface area contributed by atoms with Crippen molar-refractivity contribution in [3.63, 3.8) is 0 Å². The maximum atomic E-state index is 11.8. The lowest BCUT2D eigenvalue weighted by atomic mass is 10.2. The van der Waals surface area contributed by atoms with Gasteiger partial charge in [-0.05, 0) is 36.8 Å². The summed E-state index contributed by atoms with van der Waals surface area (Å²) in [7, 11) is 0. The lowest BCUT2D eigenvalue weighted by Gasteiger charge is -2.07. The largest absolute Gasteiger partial charge is 0.459 e. The molecule has 0 aliphatic rings. The Labute approximate surface area is 165 Å². The number of hydrogen-bond acceptors (Lipinski definition) is 7. The number of esters is 1. The summed E-state index contributed by atoms with van der Waals surface area (Å²) in [5, 5.41) is 2.72. The molecule has 3 N–H and O–H groups in total. The summed E-state index contributed by atoms with van der Waals surface area (Å²) in [6.45, 7) is 1.35. The van der Waals surface area contributed by atoms with Crippen LogP contribution in [-0.2, 0) is 19.1 Å². The SMILES string of the molecule is Cc1cccc(NC(=O)CSCC(=O)OCC(=O)NNC(=O)c2ccco2)c1. The van der Waals surface area contributed by atoms with E-state index in [0.29, 0.717) is 5.69 Å². The molecule has 1 aromatic carbocycles. The Morgan fingerprint density at radius 2 is 1.86 bits per heavy atom. The monoisotopic (exact) mass is 405 g/mol. The Hall–Kier alpha value is -3.27. The van der Waals surface area contributed by atoms with Gasteiger partial charge in [-0.3, -0.25) is 30.0 Å². The van der Waals surface area contributed by atoms with Gasteiger partial charge in [-0.15, -0.1) is 11.8 Å². The lowest BCUT2D eigenvalue weighted by Crippen LogP contribution is -2.43. The number of hydrogen-bond donors (Lipinski definition) is 3. The van der Waals surface area contributed by atoms with Crippen molar-refractivity contribution in [1.82, 2.24) is 10.9 Å². The van der Waals surface area contributed by atoms with E-state index >= 15 is 0 Å². The summed E-state index contributed by atoms with van der Waals surface area (Å²) in [4.78, 5) is 46.5. The number of carbonyl (C=O) groups excluding carboxylic acids is 4. The Balaban J connectivity index is 1.57. The van der Waals surface area contributed by atoms with Crippen LogP contribution in [0.1, 0.15) is 16.1 Å². The first-order chi connectivity index (χ1) is 13.4. The molecule has 2 rings (SSSR count). The van der Waals surface area contributed by atoms with Gasteiger partial charge in [0.1, 0.15) is 0 Å². The third-order valence-corrected chi connectivity index (χ3v) is 4.09. The van der Waals surface area contributed by atoms with Gasteiger partial charge >= 0.3 is 11.9 Å². The molecule has 0 aliphatic carbocycles. The maximum Gasteiger partial charge on any atom is 0.316 e. The molecule has 28 heavy (non-hydrogen) atoms. The van der Waals surface area contributed by atoms with Crippen molar-refractivity contribution < 1.29 is 28.3 Å². The van der Waals surface area contributed by atoms with Crippen LogP contribution >= 0.6 is 11.8 Å². The number of rotatable bonds is 8. The summed E-state index contributed by atoms with van der Waals surface area (Å²) in [5.74, 6) is -2.25. The van der Waals surface area contributed by atoms with Gasteiger partial charge in [-0.2, -0.15) is 0 Å². The molecule has 2 aromatic rings. The van der Waals surface area contributed by atoms with Crippen molar-refractivity contribution in [2.45, 2.75) is 6.92 Å².